The van der Waals surface area contributed by atoms with E-state index in [-0.39, 0.29) is 6.10 Å². The fraction of sp³-hybridized carbons (Fsp3) is 0.692. The highest BCUT2D eigenvalue weighted by molar-refractivity contribution is 5.27. The Morgan fingerprint density at radius 3 is 1.89 bits per heavy atom. The van der Waals surface area contributed by atoms with Crippen molar-refractivity contribution in [2.24, 2.45) is 0 Å². The summed E-state index contributed by atoms with van der Waals surface area (Å²) in [6.07, 6.45) is 23.4. The first-order valence-electron chi connectivity index (χ1n) is 11.7. The first-order chi connectivity index (χ1) is 13.8. The summed E-state index contributed by atoms with van der Waals surface area (Å²) in [4.78, 5) is 0. The largest absolute Gasteiger partial charge is 0.497 e. The van der Waals surface area contributed by atoms with Crippen LogP contribution in [0.25, 0.3) is 0 Å². The molecule has 0 bridgehead atoms. The maximum absolute atomic E-state index is 10.2. The average molecular weight is 389 g/mol. The molecule has 0 aromatic heterocycles. The van der Waals surface area contributed by atoms with Crippen LogP contribution in [0.15, 0.2) is 36.4 Å². The van der Waals surface area contributed by atoms with E-state index in [1.807, 2.05) is 24.3 Å². The van der Waals surface area contributed by atoms with Gasteiger partial charge in [-0.3, -0.25) is 0 Å². The van der Waals surface area contributed by atoms with Crippen LogP contribution in [-0.2, 0) is 6.42 Å². The van der Waals surface area contributed by atoms with Gasteiger partial charge in [0.15, 0.2) is 0 Å². The first-order valence-corrected chi connectivity index (χ1v) is 11.7. The molecule has 0 radical (unpaired) electrons. The van der Waals surface area contributed by atoms with E-state index >= 15 is 0 Å². The van der Waals surface area contributed by atoms with E-state index in [0.717, 1.165) is 25.0 Å². The quantitative estimate of drug-likeness (QED) is 0.207. The van der Waals surface area contributed by atoms with E-state index in [2.05, 4.69) is 19.1 Å². The molecule has 160 valence electrons. The number of methoxy groups -OCH3 is 1. The maximum atomic E-state index is 10.2. The van der Waals surface area contributed by atoms with E-state index in [9.17, 15) is 5.11 Å². The maximum Gasteiger partial charge on any atom is 0.118 e. The van der Waals surface area contributed by atoms with Crippen LogP contribution >= 0.6 is 0 Å². The normalized spacial score (nSPS) is 12.5. The van der Waals surface area contributed by atoms with Crippen LogP contribution in [-0.4, -0.2) is 18.3 Å². The van der Waals surface area contributed by atoms with Gasteiger partial charge in [0, 0.05) is 0 Å². The van der Waals surface area contributed by atoms with Gasteiger partial charge in [-0.25, -0.2) is 0 Å². The summed E-state index contributed by atoms with van der Waals surface area (Å²) in [5.41, 5.74) is 1.17. The highest BCUT2D eigenvalue weighted by Crippen LogP contribution is 2.15. The average Bonchev–Trinajstić information content (AvgIpc) is 2.71. The smallest absolute Gasteiger partial charge is 0.118 e. The van der Waals surface area contributed by atoms with Gasteiger partial charge in [0.25, 0.3) is 0 Å². The molecule has 1 atom stereocenters. The van der Waals surface area contributed by atoms with Crippen LogP contribution in [0.2, 0.25) is 0 Å². The van der Waals surface area contributed by atoms with E-state index in [0.29, 0.717) is 0 Å². The van der Waals surface area contributed by atoms with Crippen molar-refractivity contribution in [3.05, 3.63) is 42.0 Å². The molecule has 0 aliphatic heterocycles. The zero-order chi connectivity index (χ0) is 20.3. The van der Waals surface area contributed by atoms with Crippen LogP contribution < -0.4 is 4.74 Å². The topological polar surface area (TPSA) is 29.5 Å². The number of aliphatic hydroxyl groups is 1. The number of allylic oxidation sites excluding steroid dienone is 2. The van der Waals surface area contributed by atoms with Gasteiger partial charge in [0.05, 0.1) is 13.2 Å². The summed E-state index contributed by atoms with van der Waals surface area (Å²) >= 11 is 0. The Bertz CT molecular complexity index is 478. The van der Waals surface area contributed by atoms with Crippen molar-refractivity contribution >= 4 is 0 Å². The molecule has 0 amide bonds. The molecule has 0 aliphatic rings. The second-order valence-electron chi connectivity index (χ2n) is 8.08. The minimum atomic E-state index is -0.264. The molecule has 0 fully saturated rings. The molecule has 0 aliphatic carbocycles. The van der Waals surface area contributed by atoms with Gasteiger partial charge in [-0.05, 0) is 49.8 Å². The SMILES string of the molecule is CCCCCCCCCCCCC/C=C/CCC(O)Cc1ccc(OC)cc1. The zero-order valence-electron chi connectivity index (χ0n) is 18.5. The lowest BCUT2D eigenvalue weighted by Crippen LogP contribution is -2.09. The minimum Gasteiger partial charge on any atom is -0.497 e. The molecule has 28 heavy (non-hydrogen) atoms. The minimum absolute atomic E-state index is 0.264. The van der Waals surface area contributed by atoms with Gasteiger partial charge < -0.3 is 9.84 Å². The molecule has 2 heteroatoms. The van der Waals surface area contributed by atoms with Crippen molar-refractivity contribution in [3.8, 4) is 5.75 Å². The fourth-order valence-electron chi connectivity index (χ4n) is 3.59. The third-order valence-electron chi connectivity index (χ3n) is 5.44. The molecule has 0 spiro atoms. The molecule has 1 aromatic carbocycles. The monoisotopic (exact) mass is 388 g/mol. The summed E-state index contributed by atoms with van der Waals surface area (Å²) in [7, 11) is 1.67. The lowest BCUT2D eigenvalue weighted by atomic mass is 10.0. The number of benzene rings is 1. The Hall–Kier alpha value is -1.28. The third-order valence-corrected chi connectivity index (χ3v) is 5.44. The van der Waals surface area contributed by atoms with Gasteiger partial charge in [0.2, 0.25) is 0 Å². The summed E-state index contributed by atoms with van der Waals surface area (Å²) < 4.78 is 5.16. The van der Waals surface area contributed by atoms with Gasteiger partial charge in [-0.1, -0.05) is 95.4 Å². The van der Waals surface area contributed by atoms with E-state index in [1.54, 1.807) is 7.11 Å². The lowest BCUT2D eigenvalue weighted by molar-refractivity contribution is 0.166. The predicted molar refractivity (Wildman–Crippen MR) is 122 cm³/mol. The van der Waals surface area contributed by atoms with Crippen molar-refractivity contribution in [3.63, 3.8) is 0 Å². The summed E-state index contributed by atoms with van der Waals surface area (Å²) in [6.45, 7) is 2.28. The second-order valence-corrected chi connectivity index (χ2v) is 8.08. The van der Waals surface area contributed by atoms with Crippen LogP contribution in [0.4, 0.5) is 0 Å². The fourth-order valence-corrected chi connectivity index (χ4v) is 3.59. The highest BCUT2D eigenvalue weighted by atomic mass is 16.5. The van der Waals surface area contributed by atoms with Crippen LogP contribution in [0.3, 0.4) is 0 Å². The van der Waals surface area contributed by atoms with Gasteiger partial charge in [0.1, 0.15) is 5.75 Å². The van der Waals surface area contributed by atoms with Crippen molar-refractivity contribution in [2.45, 2.75) is 109 Å². The Morgan fingerprint density at radius 1 is 0.786 bits per heavy atom. The summed E-state index contributed by atoms with van der Waals surface area (Å²) in [5, 5.41) is 10.2. The number of unbranched alkanes of at least 4 members (excludes halogenated alkanes) is 11. The standard InChI is InChI=1S/C26H44O2/c1-3-4-5-6-7-8-9-10-11-12-13-14-15-16-17-18-25(27)23-24-19-21-26(28-2)22-20-24/h15-16,19-22,25,27H,3-14,17-18,23H2,1-2H3/b16-15+. The zero-order valence-corrected chi connectivity index (χ0v) is 18.5. The van der Waals surface area contributed by atoms with Crippen molar-refractivity contribution < 1.29 is 9.84 Å². The van der Waals surface area contributed by atoms with Crippen LogP contribution in [0.5, 0.6) is 5.75 Å². The third kappa shape index (κ3) is 13.8. The number of hydrogen-bond donors (Lipinski definition) is 1. The molecular weight excluding hydrogens is 344 g/mol. The molecule has 1 unspecified atom stereocenters. The Morgan fingerprint density at radius 2 is 1.32 bits per heavy atom. The molecule has 2 nitrogen and oxygen atoms in total. The van der Waals surface area contributed by atoms with Crippen molar-refractivity contribution in [1.29, 1.82) is 0 Å². The van der Waals surface area contributed by atoms with Crippen LogP contribution in [0.1, 0.15) is 102 Å². The lowest BCUT2D eigenvalue weighted by Gasteiger charge is -2.09. The summed E-state index contributed by atoms with van der Waals surface area (Å²) in [6, 6.07) is 7.97. The van der Waals surface area contributed by atoms with Gasteiger partial charge >= 0.3 is 0 Å². The van der Waals surface area contributed by atoms with E-state index < -0.39 is 0 Å². The molecule has 1 aromatic rings. The molecule has 1 rings (SSSR count). The molecule has 0 heterocycles. The Labute approximate surface area is 174 Å². The predicted octanol–water partition coefficient (Wildman–Crippen LogP) is 7.64. The molecule has 0 saturated carbocycles. The Kier molecular flexibility index (Phi) is 15.7. The number of rotatable bonds is 18. The first kappa shape index (κ1) is 24.8. The van der Waals surface area contributed by atoms with Crippen LogP contribution in [0, 0.1) is 0 Å². The van der Waals surface area contributed by atoms with Gasteiger partial charge in [-0.15, -0.1) is 0 Å². The van der Waals surface area contributed by atoms with Crippen molar-refractivity contribution in [1.82, 2.24) is 0 Å². The van der Waals surface area contributed by atoms with E-state index in [4.69, 9.17) is 4.74 Å². The molecule has 1 N–H and O–H groups in total. The molecule has 0 saturated heterocycles. The number of hydrogen-bond acceptors (Lipinski definition) is 2. The highest BCUT2D eigenvalue weighted by Gasteiger charge is 2.04. The summed E-state index contributed by atoms with van der Waals surface area (Å²) in [5.74, 6) is 0.864. The molecular formula is C26H44O2. The Balaban J connectivity index is 1.89. The number of aliphatic hydroxyl groups excluding tert-OH is 1. The van der Waals surface area contributed by atoms with Crippen molar-refractivity contribution in [2.75, 3.05) is 7.11 Å². The second kappa shape index (κ2) is 17.8. The number of ether oxygens (including phenoxy) is 1. The van der Waals surface area contributed by atoms with Gasteiger partial charge in [-0.2, -0.15) is 0 Å². The van der Waals surface area contributed by atoms with E-state index in [1.165, 1.54) is 82.6 Å².